The summed E-state index contributed by atoms with van der Waals surface area (Å²) < 4.78 is 6.75. The maximum atomic E-state index is 14.3. The average molecular weight is 919 g/mol. The second-order valence-corrected chi connectivity index (χ2v) is 16.4. The van der Waals surface area contributed by atoms with Crippen LogP contribution in [-0.4, -0.2) is 105 Å². The number of nitrogens with two attached hydrogens (primary N) is 3. The van der Waals surface area contributed by atoms with Crippen molar-refractivity contribution in [3.05, 3.63) is 120 Å². The summed E-state index contributed by atoms with van der Waals surface area (Å²) in [6.45, 7) is 9.89. The molecule has 0 radical (unpaired) electrons. The molecule has 18 N–H and O–H groups in total. The predicted octanol–water partition coefficient (Wildman–Crippen LogP) is 0.859. The van der Waals surface area contributed by atoms with Crippen molar-refractivity contribution in [2.45, 2.75) is 75.2 Å². The Bertz CT molecular complexity index is 2300. The topological polar surface area (TPSA) is 331 Å². The predicted molar refractivity (Wildman–Crippen MR) is 263 cm³/mol. The molecule has 0 aromatic heterocycles. The summed E-state index contributed by atoms with van der Waals surface area (Å²) in [7, 11) is 0. The molecular formula is C47H66N16O4. The van der Waals surface area contributed by atoms with Crippen molar-refractivity contribution in [3.63, 3.8) is 0 Å². The van der Waals surface area contributed by atoms with Gasteiger partial charge in [-0.25, -0.2) is 4.99 Å². The van der Waals surface area contributed by atoms with Gasteiger partial charge in [-0.1, -0.05) is 79.9 Å². The Morgan fingerprint density at radius 1 is 0.657 bits per heavy atom. The normalized spacial score (nSPS) is 21.0. The van der Waals surface area contributed by atoms with Crippen molar-refractivity contribution < 1.29 is 19.1 Å². The molecule has 3 aromatic carbocycles. The number of carbonyl (C=O) groups is 3. The molecule has 2 aliphatic heterocycles. The van der Waals surface area contributed by atoms with E-state index in [1.54, 1.807) is 0 Å². The number of fused-ring (bicyclic) bond motifs is 3. The lowest BCUT2D eigenvalue weighted by Gasteiger charge is -2.30. The first-order valence-electron chi connectivity index (χ1n) is 22.4. The van der Waals surface area contributed by atoms with Crippen LogP contribution in [0.2, 0.25) is 0 Å². The summed E-state index contributed by atoms with van der Waals surface area (Å²) in [6.07, 6.45) is 4.11. The first kappa shape index (κ1) is 50.4. The van der Waals surface area contributed by atoms with Crippen molar-refractivity contribution in [1.82, 2.24) is 47.9 Å². The molecule has 2 bridgehead atoms. The van der Waals surface area contributed by atoms with Crippen molar-refractivity contribution >= 4 is 52.3 Å². The Balaban J connectivity index is 1.51. The summed E-state index contributed by atoms with van der Waals surface area (Å²) in [6, 6.07) is 20.1. The van der Waals surface area contributed by atoms with E-state index in [9.17, 15) is 14.4 Å². The van der Waals surface area contributed by atoms with Gasteiger partial charge in [-0.15, -0.1) is 0 Å². The standard InChI is InChI=1S/C47H66N16O4/c1-29-27-58-40(34-19-18-32-13-6-7-14-33(32)26-34)44-54-24-20-39(67-44)38(25-31-11-4-3-5-12-31)61-30(2)28-59-41(64)35(15-8-21-55-45(48)49)62-43(66)37(17-10-23-57-47(52)53)63-42(65)36(60-29)16-9-22-56-46(50)51/h3-7,11-14,18-20,26,35-38,40,58,60-61H,1-2,8-10,15-17,21-25,27-28H2,(H,59,64)(H,62,66)(H,63,65)(H4,48,49,55)(H4,50,51,56)(H4,52,53,57)/t35?,36?,37-,38?,40?/m0/s1. The molecule has 0 saturated carbocycles. The summed E-state index contributed by atoms with van der Waals surface area (Å²) in [5, 5.41) is 52.1. The summed E-state index contributed by atoms with van der Waals surface area (Å²) in [4.78, 5) is 47.4. The molecule has 358 valence electrons. The number of aliphatic imine (C=N–C) groups is 1. The Morgan fingerprint density at radius 2 is 1.18 bits per heavy atom. The lowest BCUT2D eigenvalue weighted by atomic mass is 10.00. The monoisotopic (exact) mass is 919 g/mol. The third-order valence-electron chi connectivity index (χ3n) is 11.0. The maximum absolute atomic E-state index is 14.3. The summed E-state index contributed by atoms with van der Waals surface area (Å²) in [5.41, 5.74) is 19.4. The molecule has 2 heterocycles. The number of amides is 3. The Hall–Kier alpha value is -7.61. The number of rotatable bonds is 15. The van der Waals surface area contributed by atoms with Crippen molar-refractivity contribution in [3.8, 4) is 0 Å². The van der Waals surface area contributed by atoms with Gasteiger partial charge < -0.3 is 64.5 Å². The number of hydrogen-bond acceptors (Lipinski definition) is 11. The molecule has 1 fully saturated rings. The number of hydrogen-bond donors (Lipinski definition) is 15. The molecule has 0 aliphatic carbocycles. The van der Waals surface area contributed by atoms with E-state index in [1.807, 2.05) is 72.8 Å². The second kappa shape index (κ2) is 25.8. The first-order chi connectivity index (χ1) is 32.2. The van der Waals surface area contributed by atoms with E-state index in [1.165, 1.54) is 0 Å². The smallest absolute Gasteiger partial charge is 0.243 e. The van der Waals surface area contributed by atoms with Crippen LogP contribution in [0.15, 0.2) is 114 Å². The zero-order valence-corrected chi connectivity index (χ0v) is 37.8. The van der Waals surface area contributed by atoms with E-state index >= 15 is 0 Å². The van der Waals surface area contributed by atoms with Crippen LogP contribution in [-0.2, 0) is 25.5 Å². The molecular weight excluding hydrogens is 853 g/mol. The Morgan fingerprint density at radius 3 is 1.78 bits per heavy atom. The fourth-order valence-corrected chi connectivity index (χ4v) is 7.67. The van der Waals surface area contributed by atoms with E-state index < -0.39 is 47.9 Å². The van der Waals surface area contributed by atoms with Gasteiger partial charge in [0.25, 0.3) is 0 Å². The summed E-state index contributed by atoms with van der Waals surface area (Å²) in [5.74, 6) is -1.24. The molecule has 4 unspecified atom stereocenters. The SMILES string of the molecule is C=C1CNC(c2ccc3ccccc3c2)C2=NCC=C(O2)C(Cc2ccccc2)NC(=C)CNC(=O)C(CCCNC(=N)N)NC(=O)[C@H](CCCNC(=N)N)NC(=O)C(CCCNC(=N)N)N1. The third kappa shape index (κ3) is 16.7. The van der Waals surface area contributed by atoms with Crippen molar-refractivity contribution in [1.29, 1.82) is 16.2 Å². The van der Waals surface area contributed by atoms with E-state index in [0.717, 1.165) is 21.9 Å². The van der Waals surface area contributed by atoms with E-state index in [4.69, 9.17) is 43.2 Å². The number of nitrogens with zero attached hydrogens (tertiary/aromatic N) is 1. The highest BCUT2D eigenvalue weighted by Gasteiger charge is 2.31. The molecule has 3 aromatic rings. The lowest BCUT2D eigenvalue weighted by molar-refractivity contribution is -0.132. The van der Waals surface area contributed by atoms with Crippen LogP contribution >= 0.6 is 0 Å². The Labute approximate surface area is 391 Å². The van der Waals surface area contributed by atoms with E-state index in [0.29, 0.717) is 61.8 Å². The average Bonchev–Trinajstić information content (AvgIpc) is 3.30. The van der Waals surface area contributed by atoms with E-state index in [-0.39, 0.29) is 63.3 Å². The largest absolute Gasteiger partial charge is 0.444 e. The first-order valence-corrected chi connectivity index (χ1v) is 22.4. The molecule has 5 atom stereocenters. The number of benzene rings is 3. The lowest BCUT2D eigenvalue weighted by Crippen LogP contribution is -2.56. The van der Waals surface area contributed by atoms with Gasteiger partial charge in [-0.3, -0.25) is 35.9 Å². The van der Waals surface area contributed by atoms with Gasteiger partial charge in [0.2, 0.25) is 23.6 Å². The minimum absolute atomic E-state index is 0.00249. The molecule has 3 amide bonds. The summed E-state index contributed by atoms with van der Waals surface area (Å²) >= 11 is 0. The van der Waals surface area contributed by atoms with Crippen LogP contribution < -0.4 is 65.1 Å². The van der Waals surface area contributed by atoms with Gasteiger partial charge in [0, 0.05) is 37.6 Å². The molecule has 67 heavy (non-hydrogen) atoms. The molecule has 5 rings (SSSR count). The minimum Gasteiger partial charge on any atom is -0.444 e. The van der Waals surface area contributed by atoms with Crippen LogP contribution in [0.4, 0.5) is 0 Å². The van der Waals surface area contributed by atoms with Crippen molar-refractivity contribution in [2.24, 2.45) is 22.2 Å². The fourth-order valence-electron chi connectivity index (χ4n) is 7.67. The van der Waals surface area contributed by atoms with Gasteiger partial charge in [-0.05, 0) is 79.0 Å². The van der Waals surface area contributed by atoms with Crippen LogP contribution in [0, 0.1) is 16.2 Å². The highest BCUT2D eigenvalue weighted by molar-refractivity contribution is 5.93. The molecule has 2 aliphatic rings. The zero-order valence-electron chi connectivity index (χ0n) is 37.8. The number of ether oxygens (including phenoxy) is 1. The molecule has 0 spiro atoms. The zero-order chi connectivity index (χ0) is 48.1. The van der Waals surface area contributed by atoms with Crippen LogP contribution in [0.5, 0.6) is 0 Å². The Kier molecular flexibility index (Phi) is 19.4. The van der Waals surface area contributed by atoms with Crippen LogP contribution in [0.1, 0.15) is 55.7 Å². The number of guanidine groups is 3. The van der Waals surface area contributed by atoms with Crippen LogP contribution in [0.3, 0.4) is 0 Å². The van der Waals surface area contributed by atoms with Gasteiger partial charge in [0.1, 0.15) is 29.9 Å². The second-order valence-electron chi connectivity index (χ2n) is 16.4. The highest BCUT2D eigenvalue weighted by Crippen LogP contribution is 2.26. The number of nitrogens with one attached hydrogen (secondary N) is 12. The quantitative estimate of drug-likeness (QED) is 0.0572. The van der Waals surface area contributed by atoms with Gasteiger partial charge in [-0.2, -0.15) is 0 Å². The minimum atomic E-state index is -1.11. The third-order valence-corrected chi connectivity index (χ3v) is 11.0. The van der Waals surface area contributed by atoms with Crippen LogP contribution in [0.25, 0.3) is 10.8 Å². The fraction of sp³-hybridized carbons (Fsp3) is 0.383. The maximum Gasteiger partial charge on any atom is 0.243 e. The number of carbonyl (C=O) groups excluding carboxylic acids is 3. The van der Waals surface area contributed by atoms with Gasteiger partial charge >= 0.3 is 0 Å². The van der Waals surface area contributed by atoms with Crippen molar-refractivity contribution in [2.75, 3.05) is 39.3 Å². The molecule has 20 heteroatoms. The van der Waals surface area contributed by atoms with Gasteiger partial charge in [0.05, 0.1) is 19.1 Å². The highest BCUT2D eigenvalue weighted by atomic mass is 16.5. The molecule has 20 nitrogen and oxygen atoms in total. The molecule has 1 saturated heterocycles. The van der Waals surface area contributed by atoms with Gasteiger partial charge in [0.15, 0.2) is 17.9 Å². The van der Waals surface area contributed by atoms with E-state index in [2.05, 4.69) is 67.1 Å².